The van der Waals surface area contributed by atoms with Gasteiger partial charge < -0.3 is 4.74 Å². The topological polar surface area (TPSA) is 46.6 Å². The van der Waals surface area contributed by atoms with Crippen LogP contribution in [0.2, 0.25) is 0 Å². The smallest absolute Gasteiger partial charge is 0.415 e. The molecule has 1 aromatic carbocycles. The van der Waals surface area contributed by atoms with Crippen LogP contribution in [0.1, 0.15) is 27.5 Å². The van der Waals surface area contributed by atoms with Crippen LogP contribution in [0.5, 0.6) is 0 Å². The molecular weight excluding hydrogens is 306 g/mol. The van der Waals surface area contributed by atoms with Gasteiger partial charge in [0.2, 0.25) is 0 Å². The minimum Gasteiger partial charge on any atom is -0.449 e. The van der Waals surface area contributed by atoms with Crippen molar-refractivity contribution in [2.75, 3.05) is 11.5 Å². The molecular formula is C15H13NO3S2. The van der Waals surface area contributed by atoms with Crippen molar-refractivity contribution >= 4 is 41.2 Å². The van der Waals surface area contributed by atoms with Gasteiger partial charge in [0.25, 0.3) is 0 Å². The summed E-state index contributed by atoms with van der Waals surface area (Å²) in [6.07, 6.45) is 0.453. The molecule has 1 unspecified atom stereocenters. The minimum absolute atomic E-state index is 0.138. The highest BCUT2D eigenvalue weighted by atomic mass is 32.2. The molecule has 1 atom stereocenters. The number of carbonyl (C=O) groups is 2. The number of fused-ring (bicyclic) bond motifs is 1. The number of carbonyl (C=O) groups excluding carboxylic acids is 2. The van der Waals surface area contributed by atoms with E-state index in [1.165, 1.54) is 0 Å². The SMILES string of the molecule is CCOC(=O)N1c2ccc(C=O)cc2SC1c1cccs1. The van der Waals surface area contributed by atoms with Crippen LogP contribution < -0.4 is 4.90 Å². The summed E-state index contributed by atoms with van der Waals surface area (Å²) in [4.78, 5) is 26.9. The predicted molar refractivity (Wildman–Crippen MR) is 84.2 cm³/mol. The number of nitrogens with zero attached hydrogens (tertiary/aromatic N) is 1. The van der Waals surface area contributed by atoms with Gasteiger partial charge in [-0.1, -0.05) is 17.8 Å². The molecule has 0 aliphatic carbocycles. The highest BCUT2D eigenvalue weighted by Crippen LogP contribution is 2.52. The number of thiophene rings is 1. The number of benzene rings is 1. The van der Waals surface area contributed by atoms with Gasteiger partial charge in [-0.15, -0.1) is 11.3 Å². The van der Waals surface area contributed by atoms with E-state index < -0.39 is 0 Å². The molecule has 0 saturated heterocycles. The summed E-state index contributed by atoms with van der Waals surface area (Å²) in [5.74, 6) is 0. The largest absolute Gasteiger partial charge is 0.449 e. The standard InChI is InChI=1S/C15H13NO3S2/c1-2-19-15(18)16-11-6-5-10(9-17)8-13(11)21-14(16)12-4-3-7-20-12/h3-9,14H,2H2,1H3. The molecule has 2 heterocycles. The van der Waals surface area contributed by atoms with Crippen molar-refractivity contribution in [1.82, 2.24) is 0 Å². The first kappa shape index (κ1) is 14.2. The Labute approximate surface area is 130 Å². The number of rotatable bonds is 3. The molecule has 1 amide bonds. The molecule has 0 fully saturated rings. The fourth-order valence-corrected chi connectivity index (χ4v) is 4.44. The van der Waals surface area contributed by atoms with Gasteiger partial charge in [-0.05, 0) is 36.6 Å². The van der Waals surface area contributed by atoms with Gasteiger partial charge in [0.05, 0.1) is 12.3 Å². The Hall–Kier alpha value is -1.79. The number of aldehydes is 1. The second-order valence-corrected chi connectivity index (χ2v) is 6.50. The van der Waals surface area contributed by atoms with Crippen LogP contribution in [0, 0.1) is 0 Å². The summed E-state index contributed by atoms with van der Waals surface area (Å²) in [7, 11) is 0. The summed E-state index contributed by atoms with van der Waals surface area (Å²) < 4.78 is 5.18. The third-order valence-corrected chi connectivity index (χ3v) is 5.45. The molecule has 6 heteroatoms. The summed E-state index contributed by atoms with van der Waals surface area (Å²) in [6, 6.07) is 9.30. The van der Waals surface area contributed by atoms with E-state index in [0.717, 1.165) is 21.7 Å². The highest BCUT2D eigenvalue weighted by Gasteiger charge is 2.37. The van der Waals surface area contributed by atoms with E-state index in [2.05, 4.69) is 0 Å². The molecule has 4 nitrogen and oxygen atoms in total. The van der Waals surface area contributed by atoms with Crippen molar-refractivity contribution < 1.29 is 14.3 Å². The van der Waals surface area contributed by atoms with E-state index in [1.54, 1.807) is 47.1 Å². The van der Waals surface area contributed by atoms with Crippen molar-refractivity contribution in [3.8, 4) is 0 Å². The lowest BCUT2D eigenvalue weighted by Crippen LogP contribution is -2.31. The maximum absolute atomic E-state index is 12.3. The monoisotopic (exact) mass is 319 g/mol. The first-order valence-corrected chi connectivity index (χ1v) is 8.25. The number of anilines is 1. The van der Waals surface area contributed by atoms with Gasteiger partial charge in [-0.25, -0.2) is 4.79 Å². The zero-order chi connectivity index (χ0) is 14.8. The van der Waals surface area contributed by atoms with Gasteiger partial charge in [-0.3, -0.25) is 9.69 Å². The number of thioether (sulfide) groups is 1. The Morgan fingerprint density at radius 2 is 2.29 bits per heavy atom. The van der Waals surface area contributed by atoms with Crippen LogP contribution in [0.4, 0.5) is 10.5 Å². The lowest BCUT2D eigenvalue weighted by molar-refractivity contribution is 0.112. The highest BCUT2D eigenvalue weighted by molar-refractivity contribution is 8.00. The van der Waals surface area contributed by atoms with Gasteiger partial charge in [-0.2, -0.15) is 0 Å². The molecule has 1 aliphatic heterocycles. The normalized spacial score (nSPS) is 16.6. The van der Waals surface area contributed by atoms with Crippen LogP contribution in [0.15, 0.2) is 40.6 Å². The molecule has 0 bridgehead atoms. The second-order valence-electron chi connectivity index (χ2n) is 4.40. The minimum atomic E-state index is -0.360. The van der Waals surface area contributed by atoms with Gasteiger partial charge in [0.15, 0.2) is 0 Å². The van der Waals surface area contributed by atoms with Crippen molar-refractivity contribution in [2.24, 2.45) is 0 Å². The molecule has 1 aliphatic rings. The maximum atomic E-state index is 12.3. The van der Waals surface area contributed by atoms with E-state index >= 15 is 0 Å². The van der Waals surface area contributed by atoms with Crippen molar-refractivity contribution in [3.63, 3.8) is 0 Å². The van der Waals surface area contributed by atoms with Gasteiger partial charge >= 0.3 is 6.09 Å². The lowest BCUT2D eigenvalue weighted by atomic mass is 10.2. The van der Waals surface area contributed by atoms with E-state index in [9.17, 15) is 9.59 Å². The molecule has 1 aromatic heterocycles. The Balaban J connectivity index is 2.03. The van der Waals surface area contributed by atoms with E-state index in [1.807, 2.05) is 23.6 Å². The third-order valence-electron chi connectivity index (χ3n) is 3.10. The number of hydrogen-bond donors (Lipinski definition) is 0. The van der Waals surface area contributed by atoms with Crippen LogP contribution in [-0.2, 0) is 4.74 Å². The van der Waals surface area contributed by atoms with Crippen LogP contribution in [0.3, 0.4) is 0 Å². The van der Waals surface area contributed by atoms with Crippen LogP contribution in [-0.4, -0.2) is 19.0 Å². The Bertz CT molecular complexity index is 670. The summed E-state index contributed by atoms with van der Waals surface area (Å²) in [5.41, 5.74) is 1.40. The van der Waals surface area contributed by atoms with Gasteiger partial charge in [0, 0.05) is 15.3 Å². The van der Waals surface area contributed by atoms with E-state index in [0.29, 0.717) is 12.2 Å². The predicted octanol–water partition coefficient (Wildman–Crippen LogP) is 4.33. The first-order chi connectivity index (χ1) is 10.2. The number of hydrogen-bond acceptors (Lipinski definition) is 5. The molecule has 0 radical (unpaired) electrons. The number of ether oxygens (including phenoxy) is 1. The fourth-order valence-electron chi connectivity index (χ4n) is 2.20. The molecule has 0 spiro atoms. The van der Waals surface area contributed by atoms with E-state index in [-0.39, 0.29) is 11.5 Å². The molecule has 21 heavy (non-hydrogen) atoms. The zero-order valence-corrected chi connectivity index (χ0v) is 12.9. The second kappa shape index (κ2) is 5.91. The average molecular weight is 319 g/mol. The fraction of sp³-hybridized carbons (Fsp3) is 0.200. The lowest BCUT2D eigenvalue weighted by Gasteiger charge is -2.22. The summed E-state index contributed by atoms with van der Waals surface area (Å²) in [5, 5.41) is 1.85. The van der Waals surface area contributed by atoms with Crippen LogP contribution >= 0.6 is 23.1 Å². The maximum Gasteiger partial charge on any atom is 0.415 e. The average Bonchev–Trinajstić information content (AvgIpc) is 3.13. The zero-order valence-electron chi connectivity index (χ0n) is 11.3. The molecule has 2 aromatic rings. The molecule has 0 N–H and O–H groups in total. The van der Waals surface area contributed by atoms with Crippen LogP contribution in [0.25, 0.3) is 0 Å². The quantitative estimate of drug-likeness (QED) is 0.790. The molecule has 3 rings (SSSR count). The Morgan fingerprint density at radius 1 is 1.43 bits per heavy atom. The first-order valence-electron chi connectivity index (χ1n) is 6.50. The molecule has 108 valence electrons. The summed E-state index contributed by atoms with van der Waals surface area (Å²) in [6.45, 7) is 2.12. The van der Waals surface area contributed by atoms with Crippen molar-refractivity contribution in [2.45, 2.75) is 17.2 Å². The summed E-state index contributed by atoms with van der Waals surface area (Å²) >= 11 is 3.16. The third kappa shape index (κ3) is 2.56. The number of amides is 1. The van der Waals surface area contributed by atoms with Crippen molar-refractivity contribution in [1.29, 1.82) is 0 Å². The van der Waals surface area contributed by atoms with Gasteiger partial charge in [0.1, 0.15) is 11.7 Å². The molecule has 0 saturated carbocycles. The Morgan fingerprint density at radius 3 is 2.95 bits per heavy atom. The Kier molecular flexibility index (Phi) is 3.98. The van der Waals surface area contributed by atoms with Crippen molar-refractivity contribution in [3.05, 3.63) is 46.2 Å². The van der Waals surface area contributed by atoms with E-state index in [4.69, 9.17) is 4.74 Å².